The van der Waals surface area contributed by atoms with Crippen molar-refractivity contribution in [3.05, 3.63) is 11.7 Å². The van der Waals surface area contributed by atoms with E-state index in [0.717, 1.165) is 18.1 Å². The normalized spacial score (nSPS) is 30.4. The summed E-state index contributed by atoms with van der Waals surface area (Å²) in [5.41, 5.74) is 0.401. The molecule has 0 aromatic carbocycles. The number of nitrogens with one attached hydrogen (secondary N) is 1. The standard InChI is InChI=1S/C12H21N3O/c1-5-12(3)7-9(12)11-14-10(15-16-11)6-8(2)13-4/h8-9,13H,5-7H2,1-4H3. The molecule has 0 saturated heterocycles. The molecule has 1 fully saturated rings. The first-order valence-electron chi connectivity index (χ1n) is 6.09. The van der Waals surface area contributed by atoms with E-state index in [1.807, 2.05) is 7.05 Å². The quantitative estimate of drug-likeness (QED) is 0.830. The summed E-state index contributed by atoms with van der Waals surface area (Å²) in [6.45, 7) is 6.63. The summed E-state index contributed by atoms with van der Waals surface area (Å²) in [6.07, 6.45) is 3.20. The van der Waals surface area contributed by atoms with E-state index in [2.05, 4.69) is 36.2 Å². The second-order valence-corrected chi connectivity index (χ2v) is 5.21. The average Bonchev–Trinajstić information content (AvgIpc) is 2.76. The van der Waals surface area contributed by atoms with Crippen LogP contribution in [0.3, 0.4) is 0 Å². The summed E-state index contributed by atoms with van der Waals surface area (Å²) in [6, 6.07) is 0.391. The Labute approximate surface area is 96.8 Å². The van der Waals surface area contributed by atoms with Crippen LogP contribution in [0.15, 0.2) is 4.52 Å². The highest BCUT2D eigenvalue weighted by atomic mass is 16.5. The Morgan fingerprint density at radius 1 is 1.62 bits per heavy atom. The van der Waals surface area contributed by atoms with E-state index >= 15 is 0 Å². The molecule has 1 aromatic rings. The summed E-state index contributed by atoms with van der Waals surface area (Å²) in [7, 11) is 1.95. The third-order valence-electron chi connectivity index (χ3n) is 3.92. The molecule has 1 N–H and O–H groups in total. The molecule has 3 atom stereocenters. The van der Waals surface area contributed by atoms with Gasteiger partial charge in [0.15, 0.2) is 5.82 Å². The molecule has 16 heavy (non-hydrogen) atoms. The van der Waals surface area contributed by atoms with Gasteiger partial charge in [-0.05, 0) is 32.2 Å². The highest BCUT2D eigenvalue weighted by molar-refractivity contribution is 5.14. The van der Waals surface area contributed by atoms with Crippen molar-refractivity contribution in [2.45, 2.75) is 52.0 Å². The molecular formula is C12H21N3O. The molecule has 1 heterocycles. The zero-order chi connectivity index (χ0) is 11.8. The Morgan fingerprint density at radius 2 is 2.38 bits per heavy atom. The summed E-state index contributed by atoms with van der Waals surface area (Å²) in [5.74, 6) is 2.15. The maximum absolute atomic E-state index is 5.34. The van der Waals surface area contributed by atoms with Gasteiger partial charge in [-0.15, -0.1) is 0 Å². The molecular weight excluding hydrogens is 202 g/mol. The van der Waals surface area contributed by atoms with Crippen molar-refractivity contribution in [3.8, 4) is 0 Å². The molecule has 0 bridgehead atoms. The Kier molecular flexibility index (Phi) is 3.02. The van der Waals surface area contributed by atoms with Crippen molar-refractivity contribution < 1.29 is 4.52 Å². The maximum Gasteiger partial charge on any atom is 0.230 e. The first kappa shape index (κ1) is 11.6. The summed E-state index contributed by atoms with van der Waals surface area (Å²) >= 11 is 0. The molecule has 1 saturated carbocycles. The van der Waals surface area contributed by atoms with Crippen molar-refractivity contribution in [2.24, 2.45) is 5.41 Å². The molecule has 1 aliphatic rings. The number of nitrogens with zero attached hydrogens (tertiary/aromatic N) is 2. The minimum atomic E-state index is 0.391. The Morgan fingerprint density at radius 3 is 2.94 bits per heavy atom. The lowest BCUT2D eigenvalue weighted by Gasteiger charge is -2.05. The number of aromatic nitrogens is 2. The topological polar surface area (TPSA) is 51.0 Å². The maximum atomic E-state index is 5.34. The van der Waals surface area contributed by atoms with Crippen LogP contribution in [-0.4, -0.2) is 23.2 Å². The number of rotatable bonds is 5. The van der Waals surface area contributed by atoms with Crippen LogP contribution in [0.4, 0.5) is 0 Å². The van der Waals surface area contributed by atoms with Crippen LogP contribution >= 0.6 is 0 Å². The fourth-order valence-corrected chi connectivity index (χ4v) is 2.05. The Hall–Kier alpha value is -0.900. The minimum Gasteiger partial charge on any atom is -0.339 e. The van der Waals surface area contributed by atoms with E-state index in [1.165, 1.54) is 12.8 Å². The van der Waals surface area contributed by atoms with Crippen LogP contribution in [0.1, 0.15) is 51.2 Å². The van der Waals surface area contributed by atoms with Crippen molar-refractivity contribution in [1.82, 2.24) is 15.5 Å². The summed E-state index contributed by atoms with van der Waals surface area (Å²) in [5, 5.41) is 7.21. The lowest BCUT2D eigenvalue weighted by molar-refractivity contribution is 0.356. The first-order chi connectivity index (χ1) is 7.59. The van der Waals surface area contributed by atoms with Gasteiger partial charge >= 0.3 is 0 Å². The average molecular weight is 223 g/mol. The SMILES string of the molecule is CCC1(C)CC1c1nc(CC(C)NC)no1. The molecule has 3 unspecified atom stereocenters. The van der Waals surface area contributed by atoms with Crippen molar-refractivity contribution in [1.29, 1.82) is 0 Å². The van der Waals surface area contributed by atoms with E-state index in [1.54, 1.807) is 0 Å². The molecule has 0 aliphatic heterocycles. The molecule has 1 aliphatic carbocycles. The van der Waals surface area contributed by atoms with Crippen molar-refractivity contribution in [2.75, 3.05) is 7.05 Å². The van der Waals surface area contributed by atoms with Gasteiger partial charge in [-0.25, -0.2) is 0 Å². The van der Waals surface area contributed by atoms with E-state index in [4.69, 9.17) is 4.52 Å². The van der Waals surface area contributed by atoms with Gasteiger partial charge in [0, 0.05) is 18.4 Å². The van der Waals surface area contributed by atoms with Gasteiger partial charge < -0.3 is 9.84 Å². The van der Waals surface area contributed by atoms with E-state index in [9.17, 15) is 0 Å². The van der Waals surface area contributed by atoms with E-state index in [0.29, 0.717) is 17.4 Å². The lowest BCUT2D eigenvalue weighted by Crippen LogP contribution is -2.24. The van der Waals surface area contributed by atoms with E-state index < -0.39 is 0 Å². The monoisotopic (exact) mass is 223 g/mol. The van der Waals surface area contributed by atoms with Crippen LogP contribution in [0, 0.1) is 5.41 Å². The third kappa shape index (κ3) is 2.12. The second-order valence-electron chi connectivity index (χ2n) is 5.21. The van der Waals surface area contributed by atoms with Gasteiger partial charge in [0.05, 0.1) is 0 Å². The molecule has 2 rings (SSSR count). The molecule has 4 nitrogen and oxygen atoms in total. The van der Waals surface area contributed by atoms with Crippen LogP contribution in [0.2, 0.25) is 0 Å². The van der Waals surface area contributed by atoms with Gasteiger partial charge in [0.1, 0.15) is 0 Å². The number of likely N-dealkylation sites (N-methyl/N-ethyl adjacent to an activating group) is 1. The van der Waals surface area contributed by atoms with Crippen LogP contribution in [0.25, 0.3) is 0 Å². The smallest absolute Gasteiger partial charge is 0.230 e. The zero-order valence-corrected chi connectivity index (χ0v) is 10.6. The van der Waals surface area contributed by atoms with Gasteiger partial charge in [0.2, 0.25) is 5.89 Å². The van der Waals surface area contributed by atoms with Crippen LogP contribution < -0.4 is 5.32 Å². The molecule has 0 amide bonds. The lowest BCUT2D eigenvalue weighted by atomic mass is 10.0. The third-order valence-corrected chi connectivity index (χ3v) is 3.92. The fourth-order valence-electron chi connectivity index (χ4n) is 2.05. The predicted molar refractivity (Wildman–Crippen MR) is 62.3 cm³/mol. The zero-order valence-electron chi connectivity index (χ0n) is 10.6. The molecule has 1 aromatic heterocycles. The van der Waals surface area contributed by atoms with Crippen molar-refractivity contribution >= 4 is 0 Å². The van der Waals surface area contributed by atoms with Crippen molar-refractivity contribution in [3.63, 3.8) is 0 Å². The molecule has 4 heteroatoms. The predicted octanol–water partition coefficient (Wildman–Crippen LogP) is 2.12. The largest absolute Gasteiger partial charge is 0.339 e. The molecule has 90 valence electrons. The first-order valence-corrected chi connectivity index (χ1v) is 6.09. The van der Waals surface area contributed by atoms with Gasteiger partial charge in [-0.1, -0.05) is 19.0 Å². The van der Waals surface area contributed by atoms with Crippen LogP contribution in [-0.2, 0) is 6.42 Å². The van der Waals surface area contributed by atoms with Gasteiger partial charge in [-0.2, -0.15) is 4.98 Å². The summed E-state index contributed by atoms with van der Waals surface area (Å²) in [4.78, 5) is 4.49. The molecule has 0 spiro atoms. The van der Waals surface area contributed by atoms with Crippen LogP contribution in [0.5, 0.6) is 0 Å². The second kappa shape index (κ2) is 4.17. The highest BCUT2D eigenvalue weighted by Crippen LogP contribution is 2.60. The highest BCUT2D eigenvalue weighted by Gasteiger charge is 2.52. The fraction of sp³-hybridized carbons (Fsp3) is 0.833. The number of hydrogen-bond donors (Lipinski definition) is 1. The molecule has 0 radical (unpaired) electrons. The number of hydrogen-bond acceptors (Lipinski definition) is 4. The Balaban J connectivity index is 1.99. The van der Waals surface area contributed by atoms with E-state index in [-0.39, 0.29) is 0 Å². The van der Waals surface area contributed by atoms with Gasteiger partial charge in [-0.3, -0.25) is 0 Å². The minimum absolute atomic E-state index is 0.391. The summed E-state index contributed by atoms with van der Waals surface area (Å²) < 4.78 is 5.34. The Bertz CT molecular complexity index is 363. The van der Waals surface area contributed by atoms with Gasteiger partial charge in [0.25, 0.3) is 0 Å².